The number of rotatable bonds is 3. The zero-order valence-electron chi connectivity index (χ0n) is 6.97. The number of likely N-dealkylation sites (tertiary alicyclic amines) is 1. The van der Waals surface area contributed by atoms with Crippen LogP contribution in [0.15, 0.2) is 0 Å². The molecule has 0 aromatic heterocycles. The zero-order valence-corrected chi connectivity index (χ0v) is 7.79. The lowest BCUT2D eigenvalue weighted by Gasteiger charge is -2.17. The van der Waals surface area contributed by atoms with Gasteiger partial charge in [-0.3, -0.25) is 14.5 Å². The van der Waals surface area contributed by atoms with Crippen LogP contribution in [0.2, 0.25) is 0 Å². The van der Waals surface area contributed by atoms with Crippen LogP contribution in [-0.4, -0.2) is 46.2 Å². The van der Waals surface area contributed by atoms with E-state index in [0.717, 1.165) is 6.42 Å². The van der Waals surface area contributed by atoms with E-state index in [0.29, 0.717) is 13.0 Å². The number of hydrogen-bond donors (Lipinski definition) is 2. The van der Waals surface area contributed by atoms with Gasteiger partial charge in [-0.05, 0) is 19.4 Å². The lowest BCUT2D eigenvalue weighted by molar-refractivity contribution is -0.144. The Labute approximate surface area is 81.7 Å². The molecule has 0 aromatic rings. The number of carboxylic acids is 2. The average molecular weight is 210 g/mol. The molecule has 1 aliphatic heterocycles. The quantitative estimate of drug-likeness (QED) is 0.687. The van der Waals surface area contributed by atoms with Gasteiger partial charge in [0.1, 0.15) is 6.04 Å². The summed E-state index contributed by atoms with van der Waals surface area (Å²) in [5.74, 6) is -1.89. The minimum Gasteiger partial charge on any atom is -0.480 e. The van der Waals surface area contributed by atoms with Gasteiger partial charge < -0.3 is 10.2 Å². The largest absolute Gasteiger partial charge is 0.480 e. The topological polar surface area (TPSA) is 77.8 Å². The highest BCUT2D eigenvalue weighted by Crippen LogP contribution is 2.16. The second-order valence-electron chi connectivity index (χ2n) is 2.86. The van der Waals surface area contributed by atoms with Gasteiger partial charge >= 0.3 is 11.9 Å². The van der Waals surface area contributed by atoms with Gasteiger partial charge in [0.2, 0.25) is 0 Å². The molecule has 76 valence electrons. The first-order chi connectivity index (χ1) is 5.61. The molecule has 0 saturated carbocycles. The van der Waals surface area contributed by atoms with Crippen molar-refractivity contribution in [3.8, 4) is 0 Å². The molecule has 0 aromatic carbocycles. The predicted octanol–water partition coefficient (Wildman–Crippen LogP) is 0.0418. The molecule has 0 radical (unpaired) electrons. The Morgan fingerprint density at radius 3 is 2.46 bits per heavy atom. The van der Waals surface area contributed by atoms with E-state index >= 15 is 0 Å². The number of hydrogen-bond acceptors (Lipinski definition) is 3. The van der Waals surface area contributed by atoms with Crippen molar-refractivity contribution in [1.82, 2.24) is 4.90 Å². The molecule has 6 heteroatoms. The highest BCUT2D eigenvalue weighted by Gasteiger charge is 2.31. The molecule has 0 spiro atoms. The summed E-state index contributed by atoms with van der Waals surface area (Å²) in [5, 5.41) is 17.1. The van der Waals surface area contributed by atoms with Crippen molar-refractivity contribution in [2.24, 2.45) is 0 Å². The SMILES string of the molecule is Cl.O=C(O)CN1CCC[C@H]1C(=O)O. The number of carboxylic acid groups (broad SMARTS) is 2. The molecule has 1 atom stereocenters. The molecule has 1 fully saturated rings. The summed E-state index contributed by atoms with van der Waals surface area (Å²) in [4.78, 5) is 22.3. The lowest BCUT2D eigenvalue weighted by Crippen LogP contribution is -2.39. The molecule has 1 aliphatic rings. The van der Waals surface area contributed by atoms with Crippen LogP contribution in [0.3, 0.4) is 0 Å². The normalized spacial score (nSPS) is 22.3. The molecule has 1 rings (SSSR count). The summed E-state index contributed by atoms with van der Waals surface area (Å²) < 4.78 is 0. The van der Waals surface area contributed by atoms with E-state index in [9.17, 15) is 9.59 Å². The van der Waals surface area contributed by atoms with E-state index in [-0.39, 0.29) is 19.0 Å². The summed E-state index contributed by atoms with van der Waals surface area (Å²) in [6.07, 6.45) is 1.33. The summed E-state index contributed by atoms with van der Waals surface area (Å²) >= 11 is 0. The van der Waals surface area contributed by atoms with Gasteiger partial charge in [0.05, 0.1) is 6.54 Å². The Kier molecular flexibility index (Phi) is 4.72. The van der Waals surface area contributed by atoms with Crippen molar-refractivity contribution in [2.45, 2.75) is 18.9 Å². The molecular weight excluding hydrogens is 198 g/mol. The van der Waals surface area contributed by atoms with Crippen molar-refractivity contribution < 1.29 is 19.8 Å². The molecule has 0 unspecified atom stereocenters. The maximum Gasteiger partial charge on any atom is 0.320 e. The van der Waals surface area contributed by atoms with Gasteiger partial charge in [-0.15, -0.1) is 12.4 Å². The highest BCUT2D eigenvalue weighted by atomic mass is 35.5. The number of halogens is 1. The molecule has 1 saturated heterocycles. The fourth-order valence-electron chi connectivity index (χ4n) is 1.47. The number of aliphatic carboxylic acids is 2. The van der Waals surface area contributed by atoms with Gasteiger partial charge in [-0.25, -0.2) is 0 Å². The Morgan fingerprint density at radius 1 is 1.38 bits per heavy atom. The second-order valence-corrected chi connectivity index (χ2v) is 2.86. The number of carbonyl (C=O) groups is 2. The Balaban J connectivity index is 0.00000144. The highest BCUT2D eigenvalue weighted by molar-refractivity contribution is 5.85. The van der Waals surface area contributed by atoms with Crippen molar-refractivity contribution in [3.05, 3.63) is 0 Å². The average Bonchev–Trinajstić information content (AvgIpc) is 2.33. The van der Waals surface area contributed by atoms with Crippen LogP contribution < -0.4 is 0 Å². The van der Waals surface area contributed by atoms with E-state index in [1.54, 1.807) is 0 Å². The van der Waals surface area contributed by atoms with Crippen molar-refractivity contribution in [2.75, 3.05) is 13.1 Å². The van der Waals surface area contributed by atoms with Gasteiger partial charge in [0.15, 0.2) is 0 Å². The minimum absolute atomic E-state index is 0. The van der Waals surface area contributed by atoms with E-state index in [2.05, 4.69) is 0 Å². The third-order valence-corrected chi connectivity index (χ3v) is 1.99. The van der Waals surface area contributed by atoms with Crippen LogP contribution in [0.25, 0.3) is 0 Å². The van der Waals surface area contributed by atoms with E-state index in [1.165, 1.54) is 4.90 Å². The predicted molar refractivity (Wildman–Crippen MR) is 47.1 cm³/mol. The Bertz CT molecular complexity index is 209. The second kappa shape index (κ2) is 5.04. The maximum atomic E-state index is 10.6. The fraction of sp³-hybridized carbons (Fsp3) is 0.714. The van der Waals surface area contributed by atoms with Crippen LogP contribution in [-0.2, 0) is 9.59 Å². The molecule has 0 amide bonds. The van der Waals surface area contributed by atoms with E-state index in [4.69, 9.17) is 10.2 Å². The van der Waals surface area contributed by atoms with Crippen LogP contribution >= 0.6 is 12.4 Å². The first-order valence-electron chi connectivity index (χ1n) is 3.80. The van der Waals surface area contributed by atoms with E-state index in [1.807, 2.05) is 0 Å². The fourth-order valence-corrected chi connectivity index (χ4v) is 1.47. The minimum atomic E-state index is -0.969. The van der Waals surface area contributed by atoms with Crippen LogP contribution in [0.4, 0.5) is 0 Å². The monoisotopic (exact) mass is 209 g/mol. The van der Waals surface area contributed by atoms with Crippen molar-refractivity contribution in [3.63, 3.8) is 0 Å². The van der Waals surface area contributed by atoms with Crippen molar-refractivity contribution >= 4 is 24.3 Å². The third-order valence-electron chi connectivity index (χ3n) is 1.99. The molecular formula is C7H12ClNO4. The molecule has 0 bridgehead atoms. The van der Waals surface area contributed by atoms with Crippen molar-refractivity contribution in [1.29, 1.82) is 0 Å². The van der Waals surface area contributed by atoms with Gasteiger partial charge in [0, 0.05) is 0 Å². The zero-order chi connectivity index (χ0) is 9.14. The molecule has 1 heterocycles. The first kappa shape index (κ1) is 12.2. The molecule has 0 aliphatic carbocycles. The molecule has 13 heavy (non-hydrogen) atoms. The lowest BCUT2D eigenvalue weighted by atomic mass is 10.2. The van der Waals surface area contributed by atoms with Gasteiger partial charge in [0.25, 0.3) is 0 Å². The standard InChI is InChI=1S/C7H11NO4.ClH/c9-6(10)4-8-3-1-2-5(8)7(11)12;/h5H,1-4H2,(H,9,10)(H,11,12);1H/t5-;/m0./s1. The summed E-state index contributed by atoms with van der Waals surface area (Å²) in [6, 6.07) is -0.596. The Morgan fingerprint density at radius 2 is 2.00 bits per heavy atom. The summed E-state index contributed by atoms with van der Waals surface area (Å²) in [5.41, 5.74) is 0. The van der Waals surface area contributed by atoms with Crippen LogP contribution in [0, 0.1) is 0 Å². The van der Waals surface area contributed by atoms with Gasteiger partial charge in [-0.1, -0.05) is 0 Å². The summed E-state index contributed by atoms with van der Waals surface area (Å²) in [6.45, 7) is 0.403. The molecule has 5 nitrogen and oxygen atoms in total. The summed E-state index contributed by atoms with van der Waals surface area (Å²) in [7, 11) is 0. The smallest absolute Gasteiger partial charge is 0.320 e. The third kappa shape index (κ3) is 3.20. The maximum absolute atomic E-state index is 10.6. The Hall–Kier alpha value is -0.810. The first-order valence-corrected chi connectivity index (χ1v) is 3.80. The molecule has 2 N–H and O–H groups in total. The van der Waals surface area contributed by atoms with Gasteiger partial charge in [-0.2, -0.15) is 0 Å². The van der Waals surface area contributed by atoms with Crippen LogP contribution in [0.1, 0.15) is 12.8 Å². The van der Waals surface area contributed by atoms with E-state index < -0.39 is 18.0 Å². The number of nitrogens with zero attached hydrogens (tertiary/aromatic N) is 1. The van der Waals surface area contributed by atoms with Crippen LogP contribution in [0.5, 0.6) is 0 Å².